The number of hydrogen-bond acceptors (Lipinski definition) is 4. The summed E-state index contributed by atoms with van der Waals surface area (Å²) in [6.07, 6.45) is 1.05. The lowest BCUT2D eigenvalue weighted by molar-refractivity contribution is -0.101. The monoisotopic (exact) mass is 253 g/mol. The predicted octanol–water partition coefficient (Wildman–Crippen LogP) is 0.665. The minimum Gasteiger partial charge on any atom is -0.376 e. The molecule has 0 radical (unpaired) electrons. The fourth-order valence-corrected chi connectivity index (χ4v) is 2.42. The molecule has 2 heterocycles. The normalized spacial score (nSPS) is 22.1. The fourth-order valence-electron chi connectivity index (χ4n) is 2.42. The number of likely N-dealkylation sites (N-methyl/N-ethyl adjacent to an activating group) is 1. The highest BCUT2D eigenvalue weighted by atomic mass is 16.6. The largest absolute Gasteiger partial charge is 0.376 e. The summed E-state index contributed by atoms with van der Waals surface area (Å²) in [7, 11) is 1.99. The summed E-state index contributed by atoms with van der Waals surface area (Å²) in [5.74, 6) is 0. The van der Waals surface area contributed by atoms with E-state index in [-0.39, 0.29) is 12.1 Å². The molecule has 5 nitrogen and oxygen atoms in total. The molecule has 0 saturated carbocycles. The lowest BCUT2D eigenvalue weighted by Gasteiger charge is -2.31. The highest BCUT2D eigenvalue weighted by Gasteiger charge is 2.25. The van der Waals surface area contributed by atoms with Crippen LogP contribution in [0, 0.1) is 6.92 Å². The zero-order valence-corrected chi connectivity index (χ0v) is 11.5. The van der Waals surface area contributed by atoms with Gasteiger partial charge in [0, 0.05) is 25.2 Å². The zero-order chi connectivity index (χ0) is 13.0. The molecule has 1 saturated heterocycles. The van der Waals surface area contributed by atoms with Crippen molar-refractivity contribution in [1.29, 1.82) is 0 Å². The van der Waals surface area contributed by atoms with E-state index in [1.165, 1.54) is 5.69 Å². The quantitative estimate of drug-likeness (QED) is 0.837. The van der Waals surface area contributed by atoms with Gasteiger partial charge in [0.25, 0.3) is 0 Å². The van der Waals surface area contributed by atoms with E-state index in [9.17, 15) is 0 Å². The third kappa shape index (κ3) is 3.31. The van der Waals surface area contributed by atoms with Crippen molar-refractivity contribution in [3.05, 3.63) is 17.5 Å². The third-order valence-corrected chi connectivity index (χ3v) is 3.28. The second kappa shape index (κ2) is 6.31. The van der Waals surface area contributed by atoms with E-state index in [0.29, 0.717) is 19.8 Å². The van der Waals surface area contributed by atoms with Crippen molar-refractivity contribution in [2.45, 2.75) is 32.4 Å². The molecule has 0 aliphatic carbocycles. The Balaban J connectivity index is 2.02. The maximum atomic E-state index is 5.79. The summed E-state index contributed by atoms with van der Waals surface area (Å²) in [6, 6.07) is 2.42. The first kappa shape index (κ1) is 13.5. The average molecular weight is 253 g/mol. The van der Waals surface area contributed by atoms with Gasteiger partial charge in [-0.15, -0.1) is 0 Å². The van der Waals surface area contributed by atoms with Gasteiger partial charge in [-0.05, 0) is 19.5 Å². The Morgan fingerprint density at radius 1 is 1.56 bits per heavy atom. The van der Waals surface area contributed by atoms with Crippen molar-refractivity contribution in [2.24, 2.45) is 7.05 Å². The van der Waals surface area contributed by atoms with E-state index in [1.807, 2.05) is 18.7 Å². The maximum absolute atomic E-state index is 5.79. The minimum absolute atomic E-state index is 0.133. The molecule has 2 rings (SSSR count). The first-order valence-corrected chi connectivity index (χ1v) is 6.63. The molecule has 102 valence electrons. The van der Waals surface area contributed by atoms with E-state index in [2.05, 4.69) is 23.4 Å². The topological polar surface area (TPSA) is 48.3 Å². The van der Waals surface area contributed by atoms with Crippen molar-refractivity contribution < 1.29 is 9.47 Å². The smallest absolute Gasteiger partial charge is 0.0965 e. The van der Waals surface area contributed by atoms with Crippen LogP contribution in [-0.2, 0) is 22.9 Å². The molecular formula is C13H23N3O2. The van der Waals surface area contributed by atoms with Crippen LogP contribution in [0.5, 0.6) is 0 Å². The third-order valence-electron chi connectivity index (χ3n) is 3.28. The average Bonchev–Trinajstić information content (AvgIpc) is 2.68. The Hall–Kier alpha value is -0.910. The van der Waals surface area contributed by atoms with Crippen molar-refractivity contribution in [3.63, 3.8) is 0 Å². The molecule has 1 aliphatic heterocycles. The molecule has 5 heteroatoms. The van der Waals surface area contributed by atoms with E-state index in [1.54, 1.807) is 0 Å². The van der Waals surface area contributed by atoms with Crippen molar-refractivity contribution >= 4 is 0 Å². The van der Waals surface area contributed by atoms with Crippen LogP contribution in [0.2, 0.25) is 0 Å². The molecule has 1 fully saturated rings. The first-order valence-electron chi connectivity index (χ1n) is 6.63. The first-order chi connectivity index (χ1) is 8.70. The van der Waals surface area contributed by atoms with Gasteiger partial charge in [-0.1, -0.05) is 6.92 Å². The Labute approximate surface area is 108 Å². The van der Waals surface area contributed by atoms with Gasteiger partial charge in [-0.2, -0.15) is 5.10 Å². The molecule has 1 aliphatic rings. The Bertz CT molecular complexity index is 372. The van der Waals surface area contributed by atoms with Gasteiger partial charge in [0.15, 0.2) is 0 Å². The molecule has 0 spiro atoms. The number of aromatic nitrogens is 2. The molecule has 0 bridgehead atoms. The Morgan fingerprint density at radius 3 is 2.94 bits per heavy atom. The van der Waals surface area contributed by atoms with Gasteiger partial charge >= 0.3 is 0 Å². The molecule has 2 unspecified atom stereocenters. The Kier molecular flexibility index (Phi) is 4.74. The minimum atomic E-state index is 0.133. The molecular weight excluding hydrogens is 230 g/mol. The van der Waals surface area contributed by atoms with Crippen molar-refractivity contribution in [3.8, 4) is 0 Å². The lowest BCUT2D eigenvalue weighted by atomic mass is 10.0. The highest BCUT2D eigenvalue weighted by Crippen LogP contribution is 2.12. The van der Waals surface area contributed by atoms with Gasteiger partial charge in [0.05, 0.1) is 31.6 Å². The number of rotatable bonds is 5. The van der Waals surface area contributed by atoms with Gasteiger partial charge < -0.3 is 14.8 Å². The summed E-state index contributed by atoms with van der Waals surface area (Å²) in [4.78, 5) is 0. The molecule has 0 amide bonds. The molecule has 0 aromatic carbocycles. The molecule has 2 atom stereocenters. The highest BCUT2D eigenvalue weighted by molar-refractivity contribution is 5.10. The lowest BCUT2D eigenvalue weighted by Crippen LogP contribution is -2.48. The zero-order valence-electron chi connectivity index (χ0n) is 11.5. The van der Waals surface area contributed by atoms with Gasteiger partial charge in [0.1, 0.15) is 0 Å². The number of hydrogen-bond donors (Lipinski definition) is 1. The van der Waals surface area contributed by atoms with E-state index < -0.39 is 0 Å². The van der Waals surface area contributed by atoms with E-state index in [0.717, 1.165) is 18.7 Å². The van der Waals surface area contributed by atoms with E-state index in [4.69, 9.17) is 9.47 Å². The molecule has 1 N–H and O–H groups in total. The number of ether oxygens (including phenoxy) is 2. The van der Waals surface area contributed by atoms with Gasteiger partial charge in [0.2, 0.25) is 0 Å². The van der Waals surface area contributed by atoms with Gasteiger partial charge in [-0.3, -0.25) is 4.68 Å². The Morgan fingerprint density at radius 2 is 2.39 bits per heavy atom. The number of nitrogens with one attached hydrogen (secondary N) is 1. The molecule has 1 aromatic heterocycles. The second-order valence-corrected chi connectivity index (χ2v) is 4.75. The summed E-state index contributed by atoms with van der Waals surface area (Å²) < 4.78 is 13.2. The van der Waals surface area contributed by atoms with Crippen molar-refractivity contribution in [1.82, 2.24) is 15.1 Å². The van der Waals surface area contributed by atoms with Gasteiger partial charge in [-0.25, -0.2) is 0 Å². The summed E-state index contributed by atoms with van der Waals surface area (Å²) >= 11 is 0. The van der Waals surface area contributed by atoms with Crippen LogP contribution in [0.25, 0.3) is 0 Å². The van der Waals surface area contributed by atoms with Crippen molar-refractivity contribution in [2.75, 3.05) is 26.4 Å². The van der Waals surface area contributed by atoms with Crippen LogP contribution in [0.4, 0.5) is 0 Å². The standard InChI is InChI=1S/C13H23N3O2/c1-4-14-12(13-9-17-5-6-18-13)8-11-7-10(2)15-16(11)3/h7,12-14H,4-6,8-9H2,1-3H3. The van der Waals surface area contributed by atoms with Crippen LogP contribution >= 0.6 is 0 Å². The predicted molar refractivity (Wildman–Crippen MR) is 69.7 cm³/mol. The van der Waals surface area contributed by atoms with E-state index >= 15 is 0 Å². The van der Waals surface area contributed by atoms with Crippen LogP contribution in [0.3, 0.4) is 0 Å². The molecule has 1 aromatic rings. The van der Waals surface area contributed by atoms with Crippen LogP contribution in [-0.4, -0.2) is 48.3 Å². The second-order valence-electron chi connectivity index (χ2n) is 4.75. The number of nitrogens with zero attached hydrogens (tertiary/aromatic N) is 2. The molecule has 18 heavy (non-hydrogen) atoms. The summed E-state index contributed by atoms with van der Waals surface area (Å²) in [5, 5.41) is 7.88. The fraction of sp³-hybridized carbons (Fsp3) is 0.769. The maximum Gasteiger partial charge on any atom is 0.0965 e. The van der Waals surface area contributed by atoms with Crippen LogP contribution < -0.4 is 5.32 Å². The SMILES string of the molecule is CCNC(Cc1cc(C)nn1C)C1COCCO1. The summed E-state index contributed by atoms with van der Waals surface area (Å²) in [6.45, 7) is 7.14. The van der Waals surface area contributed by atoms with Crippen LogP contribution in [0.1, 0.15) is 18.3 Å². The van der Waals surface area contributed by atoms with Crippen LogP contribution in [0.15, 0.2) is 6.07 Å². The summed E-state index contributed by atoms with van der Waals surface area (Å²) in [5.41, 5.74) is 2.29. The number of aryl methyl sites for hydroxylation is 2.